The molecule has 1 amide bonds. The number of aromatic nitrogens is 2. The smallest absolute Gasteiger partial charge is 0.294 e. The Morgan fingerprint density at radius 2 is 2.17 bits per heavy atom. The number of carbonyl (C=O) groups excluding carboxylic acids is 1. The van der Waals surface area contributed by atoms with Crippen molar-refractivity contribution in [1.82, 2.24) is 15.1 Å². The molecule has 0 radical (unpaired) electrons. The van der Waals surface area contributed by atoms with Gasteiger partial charge in [-0.15, -0.1) is 10.2 Å². The number of benzene rings is 1. The van der Waals surface area contributed by atoms with E-state index in [0.29, 0.717) is 29.6 Å². The number of carbonyl (C=O) groups is 1. The van der Waals surface area contributed by atoms with Gasteiger partial charge in [0.1, 0.15) is 17.4 Å². The average Bonchev–Trinajstić information content (AvgIpc) is 3.08. The third kappa shape index (κ3) is 3.81. The van der Waals surface area contributed by atoms with Crippen LogP contribution in [0.3, 0.4) is 0 Å². The molecule has 0 spiro atoms. The average molecular weight is 398 g/mol. The second-order valence-corrected chi connectivity index (χ2v) is 6.81. The van der Waals surface area contributed by atoms with Crippen LogP contribution in [-0.4, -0.2) is 47.3 Å². The lowest BCUT2D eigenvalue weighted by Crippen LogP contribution is -2.41. The lowest BCUT2D eigenvalue weighted by molar-refractivity contribution is 0.0593. The van der Waals surface area contributed by atoms with Crippen molar-refractivity contribution in [3.8, 4) is 10.9 Å². The van der Waals surface area contributed by atoms with Crippen LogP contribution < -0.4 is 9.47 Å². The van der Waals surface area contributed by atoms with E-state index in [4.69, 9.17) is 9.47 Å². The highest BCUT2D eigenvalue weighted by atomic mass is 79.9. The molecule has 0 unspecified atom stereocenters. The highest BCUT2D eigenvalue weighted by Crippen LogP contribution is 2.26. The molecular weight excluding hydrogens is 382 g/mol. The number of rotatable bonds is 4. The minimum Gasteiger partial charge on any atom is -0.497 e. The van der Waals surface area contributed by atoms with Crippen molar-refractivity contribution in [2.75, 3.05) is 20.2 Å². The SMILES string of the molecule is COc1ccc(Br)c(C(=O)N2CCC(Oc3nncs3)CC2)c1. The molecule has 1 aromatic heterocycles. The number of amides is 1. The Balaban J connectivity index is 1.62. The van der Waals surface area contributed by atoms with Crippen LogP contribution in [0, 0.1) is 0 Å². The van der Waals surface area contributed by atoms with Crippen LogP contribution in [-0.2, 0) is 0 Å². The van der Waals surface area contributed by atoms with Gasteiger partial charge in [-0.05, 0) is 34.1 Å². The maximum Gasteiger partial charge on any atom is 0.294 e. The molecule has 0 aliphatic carbocycles. The van der Waals surface area contributed by atoms with Crippen molar-refractivity contribution in [2.45, 2.75) is 18.9 Å². The lowest BCUT2D eigenvalue weighted by Gasteiger charge is -2.31. The Morgan fingerprint density at radius 1 is 1.39 bits per heavy atom. The predicted molar refractivity (Wildman–Crippen MR) is 90.2 cm³/mol. The normalized spacial score (nSPS) is 15.5. The van der Waals surface area contributed by atoms with Crippen molar-refractivity contribution in [1.29, 1.82) is 0 Å². The van der Waals surface area contributed by atoms with Gasteiger partial charge in [0, 0.05) is 30.4 Å². The van der Waals surface area contributed by atoms with E-state index < -0.39 is 0 Å². The number of methoxy groups -OCH3 is 1. The predicted octanol–water partition coefficient (Wildman–Crippen LogP) is 2.99. The van der Waals surface area contributed by atoms with Gasteiger partial charge in [-0.3, -0.25) is 4.79 Å². The van der Waals surface area contributed by atoms with Crippen molar-refractivity contribution >= 4 is 33.2 Å². The fourth-order valence-electron chi connectivity index (χ4n) is 2.50. The molecule has 3 rings (SSSR count). The van der Waals surface area contributed by atoms with Crippen molar-refractivity contribution < 1.29 is 14.3 Å². The number of nitrogens with zero attached hydrogens (tertiary/aromatic N) is 3. The van der Waals surface area contributed by atoms with E-state index in [1.807, 2.05) is 17.0 Å². The molecule has 2 aromatic rings. The molecule has 23 heavy (non-hydrogen) atoms. The van der Waals surface area contributed by atoms with Crippen LogP contribution in [0.1, 0.15) is 23.2 Å². The number of halogens is 1. The van der Waals surface area contributed by atoms with Crippen LogP contribution in [0.25, 0.3) is 0 Å². The third-order valence-corrected chi connectivity index (χ3v) is 5.01. The second kappa shape index (κ2) is 7.27. The Morgan fingerprint density at radius 3 is 2.83 bits per heavy atom. The Kier molecular flexibility index (Phi) is 5.12. The van der Waals surface area contributed by atoms with E-state index in [2.05, 4.69) is 26.1 Å². The van der Waals surface area contributed by atoms with E-state index >= 15 is 0 Å². The minimum absolute atomic E-state index is 0.00476. The summed E-state index contributed by atoms with van der Waals surface area (Å²) in [5.74, 6) is 0.677. The number of likely N-dealkylation sites (tertiary alicyclic amines) is 1. The molecule has 0 N–H and O–H groups in total. The Hall–Kier alpha value is -1.67. The first-order valence-corrected chi connectivity index (χ1v) is 8.90. The fourth-order valence-corrected chi connectivity index (χ4v) is 3.39. The largest absolute Gasteiger partial charge is 0.497 e. The number of piperidine rings is 1. The molecule has 0 atom stereocenters. The molecule has 122 valence electrons. The summed E-state index contributed by atoms with van der Waals surface area (Å²) in [5, 5.41) is 8.24. The summed E-state index contributed by atoms with van der Waals surface area (Å²) in [7, 11) is 1.59. The summed E-state index contributed by atoms with van der Waals surface area (Å²) < 4.78 is 11.7. The van der Waals surface area contributed by atoms with Gasteiger partial charge in [0.15, 0.2) is 0 Å². The van der Waals surface area contributed by atoms with Crippen molar-refractivity contribution in [3.63, 3.8) is 0 Å². The second-order valence-electron chi connectivity index (χ2n) is 5.16. The van der Waals surface area contributed by atoms with Gasteiger partial charge < -0.3 is 14.4 Å². The molecule has 1 fully saturated rings. The highest BCUT2D eigenvalue weighted by molar-refractivity contribution is 9.10. The Labute approximate surface area is 146 Å². The van der Waals surface area contributed by atoms with Gasteiger partial charge in [-0.25, -0.2) is 0 Å². The molecule has 2 heterocycles. The van der Waals surface area contributed by atoms with E-state index in [1.165, 1.54) is 11.3 Å². The van der Waals surface area contributed by atoms with Crippen LogP contribution in [0.15, 0.2) is 28.2 Å². The summed E-state index contributed by atoms with van der Waals surface area (Å²) in [4.78, 5) is 14.5. The molecule has 1 saturated heterocycles. The van der Waals surface area contributed by atoms with Gasteiger partial charge in [-0.2, -0.15) is 0 Å². The third-order valence-electron chi connectivity index (χ3n) is 3.74. The van der Waals surface area contributed by atoms with Gasteiger partial charge in [0.05, 0.1) is 12.7 Å². The van der Waals surface area contributed by atoms with Gasteiger partial charge in [0.2, 0.25) is 0 Å². The monoisotopic (exact) mass is 397 g/mol. The molecule has 1 aliphatic rings. The molecule has 8 heteroatoms. The quantitative estimate of drug-likeness (QED) is 0.793. The van der Waals surface area contributed by atoms with Crippen molar-refractivity contribution in [3.05, 3.63) is 33.7 Å². The van der Waals surface area contributed by atoms with Gasteiger partial charge in [-0.1, -0.05) is 11.3 Å². The molecule has 6 nitrogen and oxygen atoms in total. The number of ether oxygens (including phenoxy) is 2. The highest BCUT2D eigenvalue weighted by Gasteiger charge is 2.26. The Bertz CT molecular complexity index is 673. The fraction of sp³-hybridized carbons (Fsp3) is 0.400. The van der Waals surface area contributed by atoms with Crippen LogP contribution in [0.2, 0.25) is 0 Å². The molecule has 1 aromatic carbocycles. The van der Waals surface area contributed by atoms with Crippen LogP contribution in [0.4, 0.5) is 0 Å². The molecule has 0 bridgehead atoms. The van der Waals surface area contributed by atoms with E-state index in [0.717, 1.165) is 17.3 Å². The topological polar surface area (TPSA) is 64.5 Å². The molecule has 1 aliphatic heterocycles. The van der Waals surface area contributed by atoms with Crippen LogP contribution >= 0.6 is 27.3 Å². The zero-order valence-electron chi connectivity index (χ0n) is 12.6. The summed E-state index contributed by atoms with van der Waals surface area (Å²) in [6, 6.07) is 5.41. The van der Waals surface area contributed by atoms with E-state index in [1.54, 1.807) is 18.7 Å². The number of hydrogen-bond donors (Lipinski definition) is 0. The van der Waals surface area contributed by atoms with E-state index in [-0.39, 0.29) is 12.0 Å². The first-order valence-electron chi connectivity index (χ1n) is 7.23. The number of hydrogen-bond acceptors (Lipinski definition) is 6. The minimum atomic E-state index is 0.00476. The van der Waals surface area contributed by atoms with Gasteiger partial charge >= 0.3 is 0 Å². The summed E-state index contributed by atoms with van der Waals surface area (Å²) in [6.45, 7) is 1.32. The summed E-state index contributed by atoms with van der Waals surface area (Å²) in [5.41, 5.74) is 2.27. The van der Waals surface area contributed by atoms with E-state index in [9.17, 15) is 4.79 Å². The summed E-state index contributed by atoms with van der Waals surface area (Å²) in [6.07, 6.45) is 1.65. The molecule has 0 saturated carbocycles. The first kappa shape index (κ1) is 16.2. The molecular formula is C15H16BrN3O3S. The maximum atomic E-state index is 12.7. The van der Waals surface area contributed by atoms with Crippen molar-refractivity contribution in [2.24, 2.45) is 0 Å². The standard InChI is InChI=1S/C15H16BrN3O3S/c1-21-11-2-3-13(16)12(8-11)14(20)19-6-4-10(5-7-19)22-15-18-17-9-23-15/h2-3,8-10H,4-7H2,1H3. The van der Waals surface area contributed by atoms with Gasteiger partial charge in [0.25, 0.3) is 11.1 Å². The maximum absolute atomic E-state index is 12.7. The zero-order chi connectivity index (χ0) is 16.2. The first-order chi connectivity index (χ1) is 11.2. The summed E-state index contributed by atoms with van der Waals surface area (Å²) >= 11 is 4.82. The van der Waals surface area contributed by atoms with Crippen LogP contribution in [0.5, 0.6) is 10.9 Å². The lowest BCUT2D eigenvalue weighted by atomic mass is 10.1. The zero-order valence-corrected chi connectivity index (χ0v) is 15.0.